The molecule has 4 heteroatoms. The third kappa shape index (κ3) is 3.91. The average molecular weight is 265 g/mol. The van der Waals surface area contributed by atoms with Gasteiger partial charge in [-0.1, -0.05) is 13.0 Å². The molecule has 1 saturated heterocycles. The number of benzene rings is 1. The fourth-order valence-electron chi connectivity index (χ4n) is 2.37. The highest BCUT2D eigenvalue weighted by atomic mass is 19.1. The van der Waals surface area contributed by atoms with Crippen LogP contribution in [0.5, 0.6) is 0 Å². The number of likely N-dealkylation sites (N-methyl/N-ethyl adjacent to an activating group) is 1. The minimum atomic E-state index is -0.108. The maximum absolute atomic E-state index is 14.0. The monoisotopic (exact) mass is 265 g/mol. The maximum Gasteiger partial charge on any atom is 0.146 e. The summed E-state index contributed by atoms with van der Waals surface area (Å²) in [6.07, 6.45) is 1.12. The fraction of sp³-hybridized carbons (Fsp3) is 0.600. The predicted molar refractivity (Wildman–Crippen MR) is 78.1 cm³/mol. The number of anilines is 1. The first-order valence-corrected chi connectivity index (χ1v) is 7.13. The van der Waals surface area contributed by atoms with Crippen LogP contribution in [-0.4, -0.2) is 44.7 Å². The van der Waals surface area contributed by atoms with E-state index in [1.807, 2.05) is 12.1 Å². The normalized spacial score (nSPS) is 16.9. The van der Waals surface area contributed by atoms with Gasteiger partial charge in [-0.05, 0) is 37.7 Å². The van der Waals surface area contributed by atoms with Crippen LogP contribution in [0.25, 0.3) is 0 Å². The molecule has 0 atom stereocenters. The van der Waals surface area contributed by atoms with E-state index in [9.17, 15) is 4.39 Å². The first kappa shape index (κ1) is 14.3. The summed E-state index contributed by atoms with van der Waals surface area (Å²) in [5.41, 5.74) is 1.91. The Labute approximate surface area is 115 Å². The predicted octanol–water partition coefficient (Wildman–Crippen LogP) is 2.08. The molecule has 3 nitrogen and oxygen atoms in total. The molecule has 19 heavy (non-hydrogen) atoms. The molecule has 1 N–H and O–H groups in total. The summed E-state index contributed by atoms with van der Waals surface area (Å²) in [6, 6.07) is 5.46. The summed E-state index contributed by atoms with van der Waals surface area (Å²) in [4.78, 5) is 4.43. The molecule has 1 aliphatic heterocycles. The van der Waals surface area contributed by atoms with Crippen LogP contribution in [0.3, 0.4) is 0 Å². The lowest BCUT2D eigenvalue weighted by Gasteiger charge is -2.34. The summed E-state index contributed by atoms with van der Waals surface area (Å²) in [7, 11) is 2.11. The van der Waals surface area contributed by atoms with E-state index in [0.717, 1.165) is 56.9 Å². The molecular weight excluding hydrogens is 241 g/mol. The third-order valence-corrected chi connectivity index (χ3v) is 3.61. The van der Waals surface area contributed by atoms with E-state index in [1.54, 1.807) is 6.07 Å². The number of halogens is 1. The van der Waals surface area contributed by atoms with E-state index in [4.69, 9.17) is 0 Å². The molecule has 1 fully saturated rings. The van der Waals surface area contributed by atoms with Gasteiger partial charge < -0.3 is 15.1 Å². The standard InChI is InChI=1S/C15H24FN3/c1-3-6-17-12-13-4-5-14(16)15(11-13)19-9-7-18(2)8-10-19/h4-5,11,17H,3,6-10,12H2,1-2H3. The highest BCUT2D eigenvalue weighted by molar-refractivity contribution is 5.50. The van der Waals surface area contributed by atoms with Gasteiger partial charge in [-0.3, -0.25) is 0 Å². The molecule has 0 spiro atoms. The van der Waals surface area contributed by atoms with Crippen LogP contribution >= 0.6 is 0 Å². The van der Waals surface area contributed by atoms with Gasteiger partial charge >= 0.3 is 0 Å². The smallest absolute Gasteiger partial charge is 0.146 e. The van der Waals surface area contributed by atoms with E-state index < -0.39 is 0 Å². The molecule has 1 aromatic rings. The van der Waals surface area contributed by atoms with Gasteiger partial charge in [0.15, 0.2) is 0 Å². The van der Waals surface area contributed by atoms with Crippen molar-refractivity contribution >= 4 is 5.69 Å². The van der Waals surface area contributed by atoms with Crippen molar-refractivity contribution in [2.75, 3.05) is 44.7 Å². The molecule has 1 aromatic carbocycles. The molecule has 0 aromatic heterocycles. The van der Waals surface area contributed by atoms with Crippen LogP contribution in [0.1, 0.15) is 18.9 Å². The zero-order valence-corrected chi connectivity index (χ0v) is 12.0. The van der Waals surface area contributed by atoms with Gasteiger partial charge in [0.2, 0.25) is 0 Å². The molecular formula is C15H24FN3. The van der Waals surface area contributed by atoms with Gasteiger partial charge in [-0.2, -0.15) is 0 Å². The zero-order valence-electron chi connectivity index (χ0n) is 12.0. The third-order valence-electron chi connectivity index (χ3n) is 3.61. The van der Waals surface area contributed by atoms with E-state index >= 15 is 0 Å². The van der Waals surface area contributed by atoms with Crippen molar-refractivity contribution in [2.24, 2.45) is 0 Å². The highest BCUT2D eigenvalue weighted by Gasteiger charge is 2.17. The number of hydrogen-bond acceptors (Lipinski definition) is 3. The second-order valence-corrected chi connectivity index (χ2v) is 5.25. The van der Waals surface area contributed by atoms with Crippen LogP contribution in [0.2, 0.25) is 0 Å². The Bertz CT molecular complexity index is 400. The topological polar surface area (TPSA) is 18.5 Å². The SMILES string of the molecule is CCCNCc1ccc(F)c(N2CCN(C)CC2)c1. The zero-order chi connectivity index (χ0) is 13.7. The lowest BCUT2D eigenvalue weighted by molar-refractivity contribution is 0.311. The Kier molecular flexibility index (Phi) is 5.16. The highest BCUT2D eigenvalue weighted by Crippen LogP contribution is 2.22. The summed E-state index contributed by atoms with van der Waals surface area (Å²) >= 11 is 0. The molecule has 0 radical (unpaired) electrons. The molecule has 1 heterocycles. The number of piperazine rings is 1. The van der Waals surface area contributed by atoms with Crippen molar-refractivity contribution in [1.82, 2.24) is 10.2 Å². The van der Waals surface area contributed by atoms with Crippen molar-refractivity contribution in [2.45, 2.75) is 19.9 Å². The minimum absolute atomic E-state index is 0.108. The summed E-state index contributed by atoms with van der Waals surface area (Å²) < 4.78 is 14.0. The van der Waals surface area contributed by atoms with Crippen LogP contribution in [0.15, 0.2) is 18.2 Å². The second-order valence-electron chi connectivity index (χ2n) is 5.25. The molecule has 0 unspecified atom stereocenters. The molecule has 1 aliphatic rings. The Hall–Kier alpha value is -1.13. The second kappa shape index (κ2) is 6.87. The van der Waals surface area contributed by atoms with E-state index in [2.05, 4.69) is 29.1 Å². The van der Waals surface area contributed by atoms with E-state index in [0.29, 0.717) is 0 Å². The number of hydrogen-bond donors (Lipinski definition) is 1. The molecule has 0 bridgehead atoms. The largest absolute Gasteiger partial charge is 0.367 e. The maximum atomic E-state index is 14.0. The Balaban J connectivity index is 2.04. The van der Waals surface area contributed by atoms with Gasteiger partial charge in [0.1, 0.15) is 5.82 Å². The Morgan fingerprint density at radius 2 is 1.95 bits per heavy atom. The van der Waals surface area contributed by atoms with Crippen molar-refractivity contribution < 1.29 is 4.39 Å². The quantitative estimate of drug-likeness (QED) is 0.822. The lowest BCUT2D eigenvalue weighted by atomic mass is 10.1. The van der Waals surface area contributed by atoms with E-state index in [-0.39, 0.29) is 5.82 Å². The first-order chi connectivity index (χ1) is 9.20. The van der Waals surface area contributed by atoms with E-state index in [1.165, 1.54) is 0 Å². The summed E-state index contributed by atoms with van der Waals surface area (Å²) in [6.45, 7) is 7.76. The lowest BCUT2D eigenvalue weighted by Crippen LogP contribution is -2.44. The number of nitrogens with one attached hydrogen (secondary N) is 1. The van der Waals surface area contributed by atoms with Gasteiger partial charge in [0.25, 0.3) is 0 Å². The minimum Gasteiger partial charge on any atom is -0.367 e. The molecule has 0 saturated carbocycles. The van der Waals surface area contributed by atoms with Crippen LogP contribution in [0, 0.1) is 5.82 Å². The molecule has 0 aliphatic carbocycles. The number of nitrogens with zero attached hydrogens (tertiary/aromatic N) is 2. The summed E-state index contributed by atoms with van der Waals surface area (Å²) in [5, 5.41) is 3.36. The average Bonchev–Trinajstić information content (AvgIpc) is 2.42. The number of rotatable bonds is 5. The van der Waals surface area contributed by atoms with Crippen LogP contribution in [-0.2, 0) is 6.54 Å². The Morgan fingerprint density at radius 1 is 1.21 bits per heavy atom. The van der Waals surface area contributed by atoms with Crippen LogP contribution < -0.4 is 10.2 Å². The van der Waals surface area contributed by atoms with Gasteiger partial charge in [-0.15, -0.1) is 0 Å². The van der Waals surface area contributed by atoms with Crippen molar-refractivity contribution in [3.05, 3.63) is 29.6 Å². The Morgan fingerprint density at radius 3 is 2.63 bits per heavy atom. The van der Waals surface area contributed by atoms with Crippen molar-refractivity contribution in [3.63, 3.8) is 0 Å². The molecule has 106 valence electrons. The summed E-state index contributed by atoms with van der Waals surface area (Å²) in [5.74, 6) is -0.108. The van der Waals surface area contributed by atoms with Crippen molar-refractivity contribution in [1.29, 1.82) is 0 Å². The van der Waals surface area contributed by atoms with Gasteiger partial charge in [0.05, 0.1) is 5.69 Å². The van der Waals surface area contributed by atoms with Gasteiger partial charge in [0, 0.05) is 32.7 Å². The van der Waals surface area contributed by atoms with Gasteiger partial charge in [-0.25, -0.2) is 4.39 Å². The van der Waals surface area contributed by atoms with Crippen LogP contribution in [0.4, 0.5) is 10.1 Å². The van der Waals surface area contributed by atoms with Crippen molar-refractivity contribution in [3.8, 4) is 0 Å². The first-order valence-electron chi connectivity index (χ1n) is 7.13. The molecule has 2 rings (SSSR count). The molecule has 0 amide bonds. The fourth-order valence-corrected chi connectivity index (χ4v) is 2.37.